The molecule has 20 heavy (non-hydrogen) atoms. The summed E-state index contributed by atoms with van der Waals surface area (Å²) in [6, 6.07) is 9.35. The van der Waals surface area contributed by atoms with E-state index in [-0.39, 0.29) is 12.5 Å². The molecule has 1 atom stereocenters. The summed E-state index contributed by atoms with van der Waals surface area (Å²) in [6.07, 6.45) is 0.454. The van der Waals surface area contributed by atoms with Gasteiger partial charge in [-0.2, -0.15) is 0 Å². The molecule has 0 spiro atoms. The van der Waals surface area contributed by atoms with Crippen LogP contribution in [0.1, 0.15) is 30.8 Å². The molecular weight excluding hydrogens is 256 g/mol. The topological polar surface area (TPSA) is 82.2 Å². The lowest BCUT2D eigenvalue weighted by Gasteiger charge is -2.22. The van der Waals surface area contributed by atoms with E-state index >= 15 is 0 Å². The summed E-state index contributed by atoms with van der Waals surface area (Å²) in [5.41, 5.74) is 0.381. The molecular formula is C15H18N2O3. The highest BCUT2D eigenvalue weighted by Crippen LogP contribution is 2.20. The molecule has 5 heteroatoms. The largest absolute Gasteiger partial charge is 0.481 e. The van der Waals surface area contributed by atoms with Crippen LogP contribution in [-0.2, 0) is 4.79 Å². The summed E-state index contributed by atoms with van der Waals surface area (Å²) in [5, 5.41) is 12.8. The van der Waals surface area contributed by atoms with Crippen molar-refractivity contribution in [3.8, 4) is 0 Å². The van der Waals surface area contributed by atoms with Crippen molar-refractivity contribution < 1.29 is 14.7 Å². The molecule has 1 aromatic heterocycles. The van der Waals surface area contributed by atoms with Crippen LogP contribution in [0.25, 0.3) is 10.9 Å². The number of carboxylic acid groups (broad SMARTS) is 1. The van der Waals surface area contributed by atoms with E-state index in [1.807, 2.05) is 24.3 Å². The lowest BCUT2D eigenvalue weighted by atomic mass is 9.88. The van der Waals surface area contributed by atoms with Gasteiger partial charge in [0.1, 0.15) is 5.69 Å². The molecule has 0 fully saturated rings. The third-order valence-electron chi connectivity index (χ3n) is 3.71. The van der Waals surface area contributed by atoms with Crippen LogP contribution >= 0.6 is 0 Å². The minimum atomic E-state index is -0.943. The molecule has 1 amide bonds. The maximum absolute atomic E-state index is 12.1. The molecule has 1 aromatic carbocycles. The normalized spacial score (nSPS) is 13.9. The van der Waals surface area contributed by atoms with Gasteiger partial charge >= 0.3 is 5.97 Å². The number of aliphatic carboxylic acids is 1. The van der Waals surface area contributed by atoms with Crippen molar-refractivity contribution in [3.63, 3.8) is 0 Å². The van der Waals surface area contributed by atoms with Gasteiger partial charge < -0.3 is 15.4 Å². The molecule has 3 N–H and O–H groups in total. The summed E-state index contributed by atoms with van der Waals surface area (Å²) in [6.45, 7) is 3.52. The van der Waals surface area contributed by atoms with Crippen LogP contribution in [0.3, 0.4) is 0 Å². The Morgan fingerprint density at radius 2 is 2.05 bits per heavy atom. The molecule has 2 aromatic rings. The van der Waals surface area contributed by atoms with E-state index in [1.165, 1.54) is 0 Å². The minimum absolute atomic E-state index is 0.104. The number of carboxylic acids is 1. The number of nitrogens with one attached hydrogen (secondary N) is 2. The molecule has 106 valence electrons. The number of benzene rings is 1. The van der Waals surface area contributed by atoms with Crippen LogP contribution in [-0.4, -0.2) is 28.5 Å². The summed E-state index contributed by atoms with van der Waals surface area (Å²) in [7, 11) is 0. The Labute approximate surface area is 117 Å². The highest BCUT2D eigenvalue weighted by molar-refractivity contribution is 5.98. The highest BCUT2D eigenvalue weighted by Gasteiger charge is 2.31. The second-order valence-electron chi connectivity index (χ2n) is 5.17. The van der Waals surface area contributed by atoms with Crippen molar-refractivity contribution in [2.24, 2.45) is 5.41 Å². The van der Waals surface area contributed by atoms with E-state index in [9.17, 15) is 14.7 Å². The smallest absolute Gasteiger partial charge is 0.311 e. The highest BCUT2D eigenvalue weighted by atomic mass is 16.4. The van der Waals surface area contributed by atoms with Gasteiger partial charge in [0, 0.05) is 17.4 Å². The SMILES string of the molecule is CCC(C)(CNC(=O)c1cc2ccccc2[nH]1)C(=O)O. The maximum atomic E-state index is 12.1. The molecule has 2 rings (SSSR count). The fourth-order valence-electron chi connectivity index (χ4n) is 1.92. The lowest BCUT2D eigenvalue weighted by Crippen LogP contribution is -2.40. The van der Waals surface area contributed by atoms with Gasteiger partial charge in [-0.05, 0) is 25.5 Å². The van der Waals surface area contributed by atoms with E-state index in [0.717, 1.165) is 10.9 Å². The zero-order chi connectivity index (χ0) is 14.8. The molecule has 0 aliphatic carbocycles. The summed E-state index contributed by atoms with van der Waals surface area (Å²) >= 11 is 0. The van der Waals surface area contributed by atoms with Gasteiger partial charge in [-0.15, -0.1) is 0 Å². The van der Waals surface area contributed by atoms with Crippen LogP contribution in [0.2, 0.25) is 0 Å². The first-order valence-electron chi connectivity index (χ1n) is 6.55. The van der Waals surface area contributed by atoms with Crippen molar-refractivity contribution in [3.05, 3.63) is 36.0 Å². The summed E-state index contributed by atoms with van der Waals surface area (Å²) in [5.74, 6) is -1.20. The van der Waals surface area contributed by atoms with Gasteiger partial charge in [-0.25, -0.2) is 0 Å². The van der Waals surface area contributed by atoms with E-state index in [1.54, 1.807) is 19.9 Å². The zero-order valence-electron chi connectivity index (χ0n) is 11.6. The summed E-state index contributed by atoms with van der Waals surface area (Å²) < 4.78 is 0. The Kier molecular flexibility index (Phi) is 3.79. The maximum Gasteiger partial charge on any atom is 0.311 e. The van der Waals surface area contributed by atoms with Crippen molar-refractivity contribution in [1.29, 1.82) is 0 Å². The molecule has 1 unspecified atom stereocenters. The first-order chi connectivity index (χ1) is 9.46. The van der Waals surface area contributed by atoms with Gasteiger partial charge in [-0.1, -0.05) is 25.1 Å². The lowest BCUT2D eigenvalue weighted by molar-refractivity contribution is -0.147. The number of carbonyl (C=O) groups excluding carboxylic acids is 1. The zero-order valence-corrected chi connectivity index (χ0v) is 11.6. The minimum Gasteiger partial charge on any atom is -0.481 e. The number of amides is 1. The quantitative estimate of drug-likeness (QED) is 0.783. The molecule has 0 aliphatic rings. The van der Waals surface area contributed by atoms with Crippen LogP contribution in [0.15, 0.2) is 30.3 Å². The van der Waals surface area contributed by atoms with Gasteiger partial charge in [0.15, 0.2) is 0 Å². The Morgan fingerprint density at radius 1 is 1.35 bits per heavy atom. The second-order valence-corrected chi connectivity index (χ2v) is 5.17. The number of hydrogen-bond acceptors (Lipinski definition) is 2. The third kappa shape index (κ3) is 2.66. The predicted molar refractivity (Wildman–Crippen MR) is 76.7 cm³/mol. The average molecular weight is 274 g/mol. The number of hydrogen-bond donors (Lipinski definition) is 3. The first kappa shape index (κ1) is 14.1. The molecule has 0 aliphatic heterocycles. The molecule has 0 radical (unpaired) electrons. The van der Waals surface area contributed by atoms with E-state index in [4.69, 9.17) is 0 Å². The molecule has 1 heterocycles. The van der Waals surface area contributed by atoms with Gasteiger partial charge in [0.2, 0.25) is 0 Å². The molecule has 0 saturated heterocycles. The van der Waals surface area contributed by atoms with Crippen LogP contribution < -0.4 is 5.32 Å². The van der Waals surface area contributed by atoms with Gasteiger partial charge in [-0.3, -0.25) is 9.59 Å². The number of fused-ring (bicyclic) bond motifs is 1. The number of H-pyrrole nitrogens is 1. The fourth-order valence-corrected chi connectivity index (χ4v) is 1.92. The molecule has 0 saturated carbocycles. The van der Waals surface area contributed by atoms with E-state index in [0.29, 0.717) is 12.1 Å². The Morgan fingerprint density at radius 3 is 2.65 bits per heavy atom. The van der Waals surface area contributed by atoms with Crippen molar-refractivity contribution in [1.82, 2.24) is 10.3 Å². The molecule has 0 bridgehead atoms. The number of aromatic nitrogens is 1. The van der Waals surface area contributed by atoms with Crippen molar-refractivity contribution in [2.75, 3.05) is 6.54 Å². The monoisotopic (exact) mass is 274 g/mol. The van der Waals surface area contributed by atoms with E-state index < -0.39 is 11.4 Å². The van der Waals surface area contributed by atoms with Crippen LogP contribution in [0.4, 0.5) is 0 Å². The van der Waals surface area contributed by atoms with Crippen LogP contribution in [0.5, 0.6) is 0 Å². The third-order valence-corrected chi connectivity index (χ3v) is 3.71. The number of aromatic amines is 1. The Bertz CT molecular complexity index is 614. The van der Waals surface area contributed by atoms with Gasteiger partial charge in [0.25, 0.3) is 5.91 Å². The van der Waals surface area contributed by atoms with Crippen LogP contribution in [0, 0.1) is 5.41 Å². The van der Waals surface area contributed by atoms with Crippen molar-refractivity contribution in [2.45, 2.75) is 20.3 Å². The average Bonchev–Trinajstić information content (AvgIpc) is 2.88. The number of para-hydroxylation sites is 1. The number of carbonyl (C=O) groups is 2. The predicted octanol–water partition coefficient (Wildman–Crippen LogP) is 2.40. The second kappa shape index (κ2) is 5.36. The Hall–Kier alpha value is -2.30. The molecule has 5 nitrogen and oxygen atoms in total. The standard InChI is InChI=1S/C15H18N2O3/c1-3-15(2,14(19)20)9-16-13(18)12-8-10-6-4-5-7-11(10)17-12/h4-8,17H,3,9H2,1-2H3,(H,16,18)(H,19,20). The van der Waals surface area contributed by atoms with Crippen molar-refractivity contribution >= 4 is 22.8 Å². The fraction of sp³-hybridized carbons (Fsp3) is 0.333. The van der Waals surface area contributed by atoms with E-state index in [2.05, 4.69) is 10.3 Å². The summed E-state index contributed by atoms with van der Waals surface area (Å²) in [4.78, 5) is 26.3. The number of rotatable bonds is 5. The Balaban J connectivity index is 2.10. The first-order valence-corrected chi connectivity index (χ1v) is 6.55. The van der Waals surface area contributed by atoms with Gasteiger partial charge in [0.05, 0.1) is 5.41 Å².